The van der Waals surface area contributed by atoms with Crippen LogP contribution in [0.25, 0.3) is 0 Å². The molecular weight excluding hydrogens is 268 g/mol. The highest BCUT2D eigenvalue weighted by Gasteiger charge is 2.39. The van der Waals surface area contributed by atoms with Crippen molar-refractivity contribution in [2.24, 2.45) is 11.8 Å². The molecule has 2 atom stereocenters. The van der Waals surface area contributed by atoms with Gasteiger partial charge in [-0.05, 0) is 25.7 Å². The number of hydrogen-bond acceptors (Lipinski definition) is 3. The lowest BCUT2D eigenvalue weighted by molar-refractivity contribution is -0.130. The van der Waals surface area contributed by atoms with Crippen molar-refractivity contribution in [3.63, 3.8) is 0 Å². The Bertz CT molecular complexity index is 420. The lowest BCUT2D eigenvalue weighted by Gasteiger charge is -2.19. The molecule has 0 bridgehead atoms. The van der Waals surface area contributed by atoms with Gasteiger partial charge in [-0.2, -0.15) is 0 Å². The van der Waals surface area contributed by atoms with E-state index in [0.717, 1.165) is 12.8 Å². The lowest BCUT2D eigenvalue weighted by Crippen LogP contribution is -2.34. The van der Waals surface area contributed by atoms with E-state index in [1.54, 1.807) is 14.2 Å². The van der Waals surface area contributed by atoms with E-state index in [9.17, 15) is 9.59 Å². The Hall–Kier alpha value is -1.36. The molecule has 2 aliphatic rings. The molecule has 0 aromatic rings. The average Bonchev–Trinajstić information content (AvgIpc) is 2.92. The molecule has 1 saturated heterocycles. The van der Waals surface area contributed by atoms with Crippen LogP contribution in [0.5, 0.6) is 0 Å². The number of rotatable bonds is 5. The molecule has 0 spiro atoms. The summed E-state index contributed by atoms with van der Waals surface area (Å²) in [5.41, 5.74) is 1.26. The lowest BCUT2D eigenvalue weighted by atomic mass is 9.96. The first-order chi connectivity index (χ1) is 10.2. The van der Waals surface area contributed by atoms with Gasteiger partial charge in [0.05, 0.1) is 12.5 Å². The number of ether oxygens (including phenoxy) is 1. The second kappa shape index (κ2) is 7.59. The van der Waals surface area contributed by atoms with Crippen molar-refractivity contribution in [3.05, 3.63) is 11.6 Å². The number of likely N-dealkylation sites (tertiary alicyclic amines) is 1. The third-order valence-electron chi connectivity index (χ3n) is 4.52. The van der Waals surface area contributed by atoms with Gasteiger partial charge >= 0.3 is 0 Å². The maximum Gasteiger partial charge on any atom is 0.226 e. The normalized spacial score (nSPS) is 25.6. The van der Waals surface area contributed by atoms with Crippen LogP contribution in [0.1, 0.15) is 32.1 Å². The fourth-order valence-corrected chi connectivity index (χ4v) is 3.31. The molecule has 0 aromatic heterocycles. The molecule has 0 aromatic carbocycles. The summed E-state index contributed by atoms with van der Waals surface area (Å²) < 4.78 is 5.20. The van der Waals surface area contributed by atoms with Gasteiger partial charge in [-0.1, -0.05) is 11.6 Å². The van der Waals surface area contributed by atoms with Crippen molar-refractivity contribution in [3.8, 4) is 0 Å². The molecule has 0 unspecified atom stereocenters. The Kier molecular flexibility index (Phi) is 5.79. The van der Waals surface area contributed by atoms with Crippen molar-refractivity contribution in [2.45, 2.75) is 32.1 Å². The van der Waals surface area contributed by atoms with E-state index in [4.69, 9.17) is 4.74 Å². The van der Waals surface area contributed by atoms with Crippen LogP contribution in [0.4, 0.5) is 0 Å². The molecule has 1 fully saturated rings. The Balaban J connectivity index is 1.95. The van der Waals surface area contributed by atoms with Crippen LogP contribution in [-0.4, -0.2) is 50.6 Å². The zero-order valence-electron chi connectivity index (χ0n) is 13.1. The summed E-state index contributed by atoms with van der Waals surface area (Å²) in [5, 5.41) is 2.69. The molecule has 2 amide bonds. The topological polar surface area (TPSA) is 58.6 Å². The van der Waals surface area contributed by atoms with E-state index in [-0.39, 0.29) is 23.7 Å². The highest BCUT2D eigenvalue weighted by molar-refractivity contribution is 5.83. The number of hydrogen-bond donors (Lipinski definition) is 1. The van der Waals surface area contributed by atoms with E-state index in [1.165, 1.54) is 18.4 Å². The zero-order valence-corrected chi connectivity index (χ0v) is 13.1. The van der Waals surface area contributed by atoms with Crippen LogP contribution >= 0.6 is 0 Å². The maximum absolute atomic E-state index is 12.4. The van der Waals surface area contributed by atoms with Gasteiger partial charge in [0, 0.05) is 39.6 Å². The fourth-order valence-electron chi connectivity index (χ4n) is 3.31. The molecule has 21 heavy (non-hydrogen) atoms. The molecule has 5 nitrogen and oxygen atoms in total. The Morgan fingerprint density at radius 3 is 2.81 bits per heavy atom. The van der Waals surface area contributed by atoms with Crippen LogP contribution in [0.3, 0.4) is 0 Å². The standard InChI is InChI=1S/C16H26N2O3/c1-17-16(20)14-10-18(9-13(14)11-21-2)15(19)8-12-6-4-3-5-7-12/h6,13-14H,3-5,7-11H2,1-2H3,(H,17,20)/t13-,14+/m0/s1. The quantitative estimate of drug-likeness (QED) is 0.779. The molecule has 1 aliphatic carbocycles. The number of carbonyl (C=O) groups is 2. The van der Waals surface area contributed by atoms with Crippen molar-refractivity contribution < 1.29 is 14.3 Å². The first-order valence-corrected chi connectivity index (χ1v) is 7.82. The van der Waals surface area contributed by atoms with Crippen LogP contribution in [-0.2, 0) is 14.3 Å². The molecule has 5 heteroatoms. The molecule has 118 valence electrons. The van der Waals surface area contributed by atoms with Gasteiger partial charge < -0.3 is 15.0 Å². The Labute approximate surface area is 126 Å². The third kappa shape index (κ3) is 4.06. The number of amides is 2. The zero-order chi connectivity index (χ0) is 15.2. The van der Waals surface area contributed by atoms with Gasteiger partial charge in [0.1, 0.15) is 0 Å². The van der Waals surface area contributed by atoms with Gasteiger partial charge in [0.25, 0.3) is 0 Å². The number of nitrogens with zero attached hydrogens (tertiary/aromatic N) is 1. The summed E-state index contributed by atoms with van der Waals surface area (Å²) >= 11 is 0. The number of allylic oxidation sites excluding steroid dienone is 1. The third-order valence-corrected chi connectivity index (χ3v) is 4.52. The largest absolute Gasteiger partial charge is 0.384 e. The summed E-state index contributed by atoms with van der Waals surface area (Å²) in [4.78, 5) is 26.2. The molecular formula is C16H26N2O3. The SMILES string of the molecule is CNC(=O)[C@@H]1CN(C(=O)CC2=CCCCC2)C[C@H]1COC. The number of carbonyl (C=O) groups excluding carboxylic acids is 2. The van der Waals surface area contributed by atoms with Gasteiger partial charge in [0.15, 0.2) is 0 Å². The van der Waals surface area contributed by atoms with E-state index in [1.807, 2.05) is 4.90 Å². The fraction of sp³-hybridized carbons (Fsp3) is 0.750. The van der Waals surface area contributed by atoms with Gasteiger partial charge in [-0.25, -0.2) is 0 Å². The monoisotopic (exact) mass is 294 g/mol. The summed E-state index contributed by atoms with van der Waals surface area (Å²) in [7, 11) is 3.28. The van der Waals surface area contributed by atoms with Crippen LogP contribution in [0, 0.1) is 11.8 Å². The molecule has 2 rings (SSSR count). The second-order valence-electron chi connectivity index (χ2n) is 6.02. The summed E-state index contributed by atoms with van der Waals surface area (Å²) in [6, 6.07) is 0. The molecule has 0 saturated carbocycles. The average molecular weight is 294 g/mol. The molecule has 1 N–H and O–H groups in total. The predicted molar refractivity (Wildman–Crippen MR) is 80.7 cm³/mol. The minimum atomic E-state index is -0.153. The Morgan fingerprint density at radius 1 is 1.38 bits per heavy atom. The van der Waals surface area contributed by atoms with Gasteiger partial charge in [-0.15, -0.1) is 0 Å². The summed E-state index contributed by atoms with van der Waals surface area (Å²) in [6.45, 7) is 1.66. The summed E-state index contributed by atoms with van der Waals surface area (Å²) in [5.74, 6) is 0.0957. The highest BCUT2D eigenvalue weighted by atomic mass is 16.5. The van der Waals surface area contributed by atoms with Crippen molar-refractivity contribution in [2.75, 3.05) is 33.9 Å². The maximum atomic E-state index is 12.4. The second-order valence-corrected chi connectivity index (χ2v) is 6.02. The number of methoxy groups -OCH3 is 1. The minimum Gasteiger partial charge on any atom is -0.384 e. The minimum absolute atomic E-state index is 0.00392. The van der Waals surface area contributed by atoms with E-state index >= 15 is 0 Å². The van der Waals surface area contributed by atoms with Gasteiger partial charge in [0.2, 0.25) is 11.8 Å². The smallest absolute Gasteiger partial charge is 0.226 e. The predicted octanol–water partition coefficient (Wildman–Crippen LogP) is 1.34. The highest BCUT2D eigenvalue weighted by Crippen LogP contribution is 2.27. The van der Waals surface area contributed by atoms with Crippen molar-refractivity contribution >= 4 is 11.8 Å². The van der Waals surface area contributed by atoms with E-state index in [0.29, 0.717) is 26.1 Å². The van der Waals surface area contributed by atoms with Crippen LogP contribution in [0.2, 0.25) is 0 Å². The molecule has 1 aliphatic heterocycles. The first kappa shape index (κ1) is 16.0. The van der Waals surface area contributed by atoms with E-state index < -0.39 is 0 Å². The summed E-state index contributed by atoms with van der Waals surface area (Å²) in [6.07, 6.45) is 7.28. The number of nitrogens with one attached hydrogen (secondary N) is 1. The van der Waals surface area contributed by atoms with Crippen molar-refractivity contribution in [1.29, 1.82) is 0 Å². The van der Waals surface area contributed by atoms with Crippen molar-refractivity contribution in [1.82, 2.24) is 10.2 Å². The van der Waals surface area contributed by atoms with Gasteiger partial charge in [-0.3, -0.25) is 9.59 Å². The first-order valence-electron chi connectivity index (χ1n) is 7.82. The van der Waals surface area contributed by atoms with Crippen LogP contribution in [0.15, 0.2) is 11.6 Å². The molecule has 1 heterocycles. The van der Waals surface area contributed by atoms with E-state index in [2.05, 4.69) is 11.4 Å². The molecule has 0 radical (unpaired) electrons. The van der Waals surface area contributed by atoms with Crippen LogP contribution < -0.4 is 5.32 Å². The Morgan fingerprint density at radius 2 is 2.19 bits per heavy atom.